The van der Waals surface area contributed by atoms with E-state index >= 15 is 0 Å². The Bertz CT molecular complexity index is 666. The highest BCUT2D eigenvalue weighted by Crippen LogP contribution is 2.32. The first-order valence-corrected chi connectivity index (χ1v) is 8.72. The van der Waals surface area contributed by atoms with Gasteiger partial charge in [-0.25, -0.2) is 8.42 Å². The van der Waals surface area contributed by atoms with Crippen LogP contribution in [0.3, 0.4) is 0 Å². The molecular formula is C16H21NO4S. The van der Waals surface area contributed by atoms with Gasteiger partial charge < -0.3 is 10.0 Å². The number of rotatable bonds is 4. The number of benzene rings is 1. The maximum atomic E-state index is 12.9. The lowest BCUT2D eigenvalue weighted by Gasteiger charge is -2.40. The van der Waals surface area contributed by atoms with E-state index in [-0.39, 0.29) is 23.8 Å². The van der Waals surface area contributed by atoms with Crippen LogP contribution >= 0.6 is 0 Å². The Morgan fingerprint density at radius 3 is 2.50 bits per heavy atom. The molecule has 120 valence electrons. The zero-order valence-corrected chi connectivity index (χ0v) is 13.6. The first-order chi connectivity index (χ1) is 10.3. The van der Waals surface area contributed by atoms with E-state index < -0.39 is 27.2 Å². The smallest absolute Gasteiger partial charge is 0.225 e. The summed E-state index contributed by atoms with van der Waals surface area (Å²) in [5.41, 5.74) is 0.958. The van der Waals surface area contributed by atoms with E-state index in [1.54, 1.807) is 31.2 Å². The van der Waals surface area contributed by atoms with E-state index in [1.807, 2.05) is 6.92 Å². The van der Waals surface area contributed by atoms with E-state index in [4.69, 9.17) is 0 Å². The summed E-state index contributed by atoms with van der Waals surface area (Å²) in [5.74, 6) is -0.704. The molecule has 1 aliphatic rings. The Hall–Kier alpha value is -1.66. The number of piperidine rings is 1. The molecule has 2 rings (SSSR count). The molecule has 3 unspecified atom stereocenters. The molecule has 0 aromatic heterocycles. The number of hydrogen-bond donors (Lipinski definition) is 1. The average Bonchev–Trinajstić information content (AvgIpc) is 2.43. The summed E-state index contributed by atoms with van der Waals surface area (Å²) in [6, 6.07) is 6.52. The standard InChI is InChI=1S/C16H21NO4S/c1-4-9-17-14(18)10-12(3)15(16(17)19)22(20,21)13-7-5-11(2)6-8-13/h4-8,12,15-16,19H,1,9-10H2,2-3H3. The molecule has 1 aliphatic heterocycles. The van der Waals surface area contributed by atoms with Crippen molar-refractivity contribution in [3.63, 3.8) is 0 Å². The molecule has 1 fully saturated rings. The molecule has 0 aliphatic carbocycles. The number of nitrogens with zero attached hydrogens (tertiary/aromatic N) is 1. The first-order valence-electron chi connectivity index (χ1n) is 7.18. The SMILES string of the molecule is C=CCN1C(=O)CC(C)C(S(=O)(=O)c2ccc(C)cc2)C1O. The zero-order valence-electron chi connectivity index (χ0n) is 12.8. The van der Waals surface area contributed by atoms with Gasteiger partial charge >= 0.3 is 0 Å². The highest BCUT2D eigenvalue weighted by Gasteiger charge is 2.46. The molecule has 0 saturated carbocycles. The Morgan fingerprint density at radius 2 is 1.95 bits per heavy atom. The third-order valence-corrected chi connectivity index (χ3v) is 6.38. The van der Waals surface area contributed by atoms with Gasteiger partial charge in [-0.1, -0.05) is 30.7 Å². The van der Waals surface area contributed by atoms with Crippen LogP contribution in [0.4, 0.5) is 0 Å². The predicted octanol–water partition coefficient (Wildman–Crippen LogP) is 1.51. The molecule has 0 bridgehead atoms. The quantitative estimate of drug-likeness (QED) is 0.852. The Labute approximate surface area is 131 Å². The predicted molar refractivity (Wildman–Crippen MR) is 83.9 cm³/mol. The van der Waals surface area contributed by atoms with Crippen molar-refractivity contribution in [1.29, 1.82) is 0 Å². The third kappa shape index (κ3) is 2.94. The second-order valence-electron chi connectivity index (χ2n) is 5.75. The number of hydrogen-bond acceptors (Lipinski definition) is 4. The fourth-order valence-electron chi connectivity index (χ4n) is 2.83. The van der Waals surface area contributed by atoms with Gasteiger partial charge in [0.1, 0.15) is 11.5 Å². The third-order valence-electron chi connectivity index (χ3n) is 4.02. The van der Waals surface area contributed by atoms with Crippen molar-refractivity contribution in [1.82, 2.24) is 4.90 Å². The van der Waals surface area contributed by atoms with Crippen molar-refractivity contribution in [3.05, 3.63) is 42.5 Å². The molecule has 5 nitrogen and oxygen atoms in total. The van der Waals surface area contributed by atoms with Crippen LogP contribution < -0.4 is 0 Å². The van der Waals surface area contributed by atoms with E-state index in [9.17, 15) is 18.3 Å². The average molecular weight is 323 g/mol. The summed E-state index contributed by atoms with van der Waals surface area (Å²) in [6.07, 6.45) is 0.216. The number of carbonyl (C=O) groups is 1. The molecule has 3 atom stereocenters. The highest BCUT2D eigenvalue weighted by atomic mass is 32.2. The van der Waals surface area contributed by atoms with E-state index in [1.165, 1.54) is 11.0 Å². The van der Waals surface area contributed by atoms with Crippen molar-refractivity contribution < 1.29 is 18.3 Å². The Balaban J connectivity index is 2.41. The van der Waals surface area contributed by atoms with Crippen molar-refractivity contribution in [2.45, 2.75) is 36.6 Å². The number of aryl methyl sites for hydroxylation is 1. The van der Waals surface area contributed by atoms with Gasteiger partial charge in [-0.15, -0.1) is 6.58 Å². The number of carbonyl (C=O) groups excluding carboxylic acids is 1. The normalized spacial score (nSPS) is 26.0. The van der Waals surface area contributed by atoms with Gasteiger partial charge in [0.25, 0.3) is 0 Å². The number of sulfone groups is 1. The van der Waals surface area contributed by atoms with Crippen LogP contribution in [0.2, 0.25) is 0 Å². The van der Waals surface area contributed by atoms with Gasteiger partial charge in [-0.05, 0) is 25.0 Å². The molecule has 1 aromatic carbocycles. The zero-order chi connectivity index (χ0) is 16.5. The lowest BCUT2D eigenvalue weighted by molar-refractivity contribution is -0.147. The molecule has 1 N–H and O–H groups in total. The number of aliphatic hydroxyl groups is 1. The minimum Gasteiger partial charge on any atom is -0.372 e. The van der Waals surface area contributed by atoms with Crippen LogP contribution in [0, 0.1) is 12.8 Å². The molecule has 22 heavy (non-hydrogen) atoms. The fraction of sp³-hybridized carbons (Fsp3) is 0.438. The second-order valence-corrected chi connectivity index (χ2v) is 7.86. The summed E-state index contributed by atoms with van der Waals surface area (Å²) in [4.78, 5) is 13.3. The van der Waals surface area contributed by atoms with Crippen molar-refractivity contribution in [2.75, 3.05) is 6.54 Å². The minimum atomic E-state index is -3.73. The van der Waals surface area contributed by atoms with Gasteiger partial charge in [-0.2, -0.15) is 0 Å². The summed E-state index contributed by atoms with van der Waals surface area (Å²) in [5, 5.41) is 9.40. The summed E-state index contributed by atoms with van der Waals surface area (Å²) >= 11 is 0. The van der Waals surface area contributed by atoms with Gasteiger partial charge in [0, 0.05) is 13.0 Å². The largest absolute Gasteiger partial charge is 0.372 e. The number of likely N-dealkylation sites (tertiary alicyclic amines) is 1. The molecular weight excluding hydrogens is 302 g/mol. The van der Waals surface area contributed by atoms with E-state index in [0.29, 0.717) is 0 Å². The fourth-order valence-corrected chi connectivity index (χ4v) is 4.83. The summed E-state index contributed by atoms with van der Waals surface area (Å²) in [6.45, 7) is 7.23. The van der Waals surface area contributed by atoms with Crippen molar-refractivity contribution in [2.24, 2.45) is 5.92 Å². The lowest BCUT2D eigenvalue weighted by atomic mass is 9.96. The maximum absolute atomic E-state index is 12.9. The molecule has 1 amide bonds. The molecule has 6 heteroatoms. The molecule has 1 saturated heterocycles. The topological polar surface area (TPSA) is 74.7 Å². The maximum Gasteiger partial charge on any atom is 0.225 e. The second kappa shape index (κ2) is 6.22. The van der Waals surface area contributed by atoms with Gasteiger partial charge in [-0.3, -0.25) is 4.79 Å². The van der Waals surface area contributed by atoms with Crippen molar-refractivity contribution in [3.8, 4) is 0 Å². The molecule has 1 aromatic rings. The number of aliphatic hydroxyl groups excluding tert-OH is 1. The van der Waals surface area contributed by atoms with Gasteiger partial charge in [0.2, 0.25) is 5.91 Å². The number of amides is 1. The summed E-state index contributed by atoms with van der Waals surface area (Å²) in [7, 11) is -3.73. The first kappa shape index (κ1) is 16.7. The van der Waals surface area contributed by atoms with Crippen LogP contribution in [0.1, 0.15) is 18.9 Å². The van der Waals surface area contributed by atoms with Gasteiger partial charge in [0.05, 0.1) is 4.90 Å². The van der Waals surface area contributed by atoms with Crippen LogP contribution in [0.25, 0.3) is 0 Å². The highest BCUT2D eigenvalue weighted by molar-refractivity contribution is 7.92. The van der Waals surface area contributed by atoms with Crippen LogP contribution in [0.15, 0.2) is 41.8 Å². The van der Waals surface area contributed by atoms with E-state index in [2.05, 4.69) is 6.58 Å². The summed E-state index contributed by atoms with van der Waals surface area (Å²) < 4.78 is 25.7. The van der Waals surface area contributed by atoms with Gasteiger partial charge in [0.15, 0.2) is 9.84 Å². The van der Waals surface area contributed by atoms with Crippen LogP contribution in [-0.2, 0) is 14.6 Å². The molecule has 0 radical (unpaired) electrons. The molecule has 0 spiro atoms. The minimum absolute atomic E-state index is 0.0979. The van der Waals surface area contributed by atoms with Crippen LogP contribution in [-0.4, -0.2) is 42.4 Å². The van der Waals surface area contributed by atoms with Crippen LogP contribution in [0.5, 0.6) is 0 Å². The van der Waals surface area contributed by atoms with Crippen molar-refractivity contribution >= 4 is 15.7 Å². The molecule has 1 heterocycles. The van der Waals surface area contributed by atoms with E-state index in [0.717, 1.165) is 5.56 Å². The lowest BCUT2D eigenvalue weighted by Crippen LogP contribution is -2.57. The Kier molecular flexibility index (Phi) is 4.72. The Morgan fingerprint density at radius 1 is 1.36 bits per heavy atom. The monoisotopic (exact) mass is 323 g/mol.